The van der Waals surface area contributed by atoms with Gasteiger partial charge in [-0.3, -0.25) is 19.5 Å². The maximum Gasteiger partial charge on any atom is 0.259 e. The summed E-state index contributed by atoms with van der Waals surface area (Å²) >= 11 is 7.01. The van der Waals surface area contributed by atoms with Gasteiger partial charge >= 0.3 is 0 Å². The number of methoxy groups -OCH3 is 1. The first-order chi connectivity index (χ1) is 26.6. The summed E-state index contributed by atoms with van der Waals surface area (Å²) in [5.74, 6) is 0.661. The van der Waals surface area contributed by atoms with Gasteiger partial charge in [-0.1, -0.05) is 29.8 Å². The number of ether oxygens (including phenoxy) is 1. The van der Waals surface area contributed by atoms with Gasteiger partial charge in [0.15, 0.2) is 0 Å². The van der Waals surface area contributed by atoms with Gasteiger partial charge in [-0.2, -0.15) is 0 Å². The Hall–Kier alpha value is -4.97. The van der Waals surface area contributed by atoms with Crippen molar-refractivity contribution in [3.8, 4) is 16.9 Å². The molecule has 5 aromatic rings. The minimum atomic E-state index is -0.821. The van der Waals surface area contributed by atoms with Crippen molar-refractivity contribution >= 4 is 39.7 Å². The zero-order valence-corrected chi connectivity index (χ0v) is 31.9. The third-order valence-corrected chi connectivity index (χ3v) is 11.9. The lowest BCUT2D eigenvalue weighted by atomic mass is 9.85. The van der Waals surface area contributed by atoms with E-state index in [1.54, 1.807) is 37.2 Å². The lowest BCUT2D eigenvalue weighted by Gasteiger charge is -2.35. The van der Waals surface area contributed by atoms with Gasteiger partial charge in [0.05, 0.1) is 18.2 Å². The number of aliphatic hydroxyl groups excluding tert-OH is 1. The van der Waals surface area contributed by atoms with Crippen LogP contribution in [0.5, 0.6) is 5.75 Å². The molecule has 8 rings (SSSR count). The van der Waals surface area contributed by atoms with E-state index in [9.17, 15) is 14.7 Å². The highest BCUT2D eigenvalue weighted by atomic mass is 35.5. The largest absolute Gasteiger partial charge is 0.496 e. The molecular formula is C43H46ClFN6O4. The zero-order chi connectivity index (χ0) is 38.2. The van der Waals surface area contributed by atoms with Crippen LogP contribution in [-0.4, -0.2) is 64.5 Å². The summed E-state index contributed by atoms with van der Waals surface area (Å²) in [5.41, 5.74) is 7.96. The molecule has 10 nitrogen and oxygen atoms in total. The van der Waals surface area contributed by atoms with Crippen LogP contribution >= 0.6 is 11.6 Å². The van der Waals surface area contributed by atoms with Crippen LogP contribution in [0.25, 0.3) is 21.9 Å². The topological polar surface area (TPSA) is 112 Å². The summed E-state index contributed by atoms with van der Waals surface area (Å²) in [7, 11) is 3.41. The maximum absolute atomic E-state index is 15.3. The lowest BCUT2D eigenvalue weighted by molar-refractivity contribution is -0.127. The molecule has 55 heavy (non-hydrogen) atoms. The Kier molecular flexibility index (Phi) is 10.5. The second-order valence-electron chi connectivity index (χ2n) is 15.1. The molecule has 3 N–H and O–H groups in total. The molecular weight excluding hydrogens is 719 g/mol. The Morgan fingerprint density at radius 1 is 1.04 bits per heavy atom. The number of aliphatic hydroxyl groups is 1. The molecule has 2 unspecified atom stereocenters. The highest BCUT2D eigenvalue weighted by molar-refractivity contribution is 6.32. The van der Waals surface area contributed by atoms with Crippen LogP contribution in [0.4, 0.5) is 15.8 Å². The van der Waals surface area contributed by atoms with Crippen LogP contribution in [0.2, 0.25) is 5.02 Å². The van der Waals surface area contributed by atoms with Crippen molar-refractivity contribution in [2.24, 2.45) is 13.0 Å². The number of rotatable bonds is 9. The van der Waals surface area contributed by atoms with Gasteiger partial charge in [0.2, 0.25) is 5.91 Å². The van der Waals surface area contributed by atoms with E-state index < -0.39 is 12.3 Å². The Morgan fingerprint density at radius 2 is 1.87 bits per heavy atom. The van der Waals surface area contributed by atoms with Crippen LogP contribution in [-0.2, 0) is 37.8 Å². The number of nitrogens with one attached hydrogen (secondary N) is 2. The number of pyridine rings is 2. The number of amides is 1. The fourth-order valence-electron chi connectivity index (χ4n) is 8.61. The molecule has 2 atom stereocenters. The Labute approximate surface area is 324 Å². The SMILES string of the molecule is COc1cc(-c2cn(C)c(=O)c3cnccc23)cc(Cl)c1CN1CCc2c(CC3CCN(c4ccc(NC5CCC(O)NC5=O)cc4F)CC3)cccc2C1. The molecule has 5 heterocycles. The maximum atomic E-state index is 15.3. The number of piperidine rings is 2. The first-order valence-corrected chi connectivity index (χ1v) is 19.4. The van der Waals surface area contributed by atoms with E-state index in [1.165, 1.54) is 22.8 Å². The van der Waals surface area contributed by atoms with E-state index in [2.05, 4.69) is 43.6 Å². The Balaban J connectivity index is 0.902. The molecule has 3 aromatic carbocycles. The number of carbonyl (C=O) groups excluding carboxylic acids is 1. The van der Waals surface area contributed by atoms with Gasteiger partial charge in [-0.05, 0) is 108 Å². The highest BCUT2D eigenvalue weighted by Gasteiger charge is 2.28. The quantitative estimate of drug-likeness (QED) is 0.158. The highest BCUT2D eigenvalue weighted by Crippen LogP contribution is 2.38. The normalized spacial score (nSPS) is 19.3. The second-order valence-corrected chi connectivity index (χ2v) is 15.5. The molecule has 12 heteroatoms. The van der Waals surface area contributed by atoms with Gasteiger partial charge in [0.25, 0.3) is 5.56 Å². The molecule has 1 amide bonds. The molecule has 2 fully saturated rings. The number of fused-ring (bicyclic) bond motifs is 2. The van der Waals surface area contributed by atoms with Crippen LogP contribution < -0.4 is 25.8 Å². The number of hydrogen-bond donors (Lipinski definition) is 3. The summed E-state index contributed by atoms with van der Waals surface area (Å²) in [5, 5.41) is 17.3. The van der Waals surface area contributed by atoms with E-state index in [4.69, 9.17) is 16.3 Å². The van der Waals surface area contributed by atoms with Crippen LogP contribution in [0.15, 0.2) is 78.0 Å². The second kappa shape index (κ2) is 15.6. The van der Waals surface area contributed by atoms with E-state index in [-0.39, 0.29) is 17.3 Å². The molecule has 2 saturated heterocycles. The fourth-order valence-corrected chi connectivity index (χ4v) is 8.88. The summed E-state index contributed by atoms with van der Waals surface area (Å²) in [4.78, 5) is 33.7. The van der Waals surface area contributed by atoms with Crippen LogP contribution in [0.1, 0.15) is 47.9 Å². The third-order valence-electron chi connectivity index (χ3n) is 11.6. The molecule has 0 bridgehead atoms. The predicted molar refractivity (Wildman–Crippen MR) is 214 cm³/mol. The molecule has 0 radical (unpaired) electrons. The minimum Gasteiger partial charge on any atom is -0.496 e. The number of aromatic nitrogens is 2. The van der Waals surface area contributed by atoms with Crippen molar-refractivity contribution in [2.45, 2.75) is 63.9 Å². The van der Waals surface area contributed by atoms with Crippen LogP contribution in [0.3, 0.4) is 0 Å². The first-order valence-electron chi connectivity index (χ1n) is 19.1. The molecule has 286 valence electrons. The smallest absolute Gasteiger partial charge is 0.259 e. The van der Waals surface area contributed by atoms with Gasteiger partial charge < -0.3 is 29.9 Å². The van der Waals surface area contributed by atoms with Gasteiger partial charge in [0, 0.05) is 80.2 Å². The Morgan fingerprint density at radius 3 is 2.65 bits per heavy atom. The average Bonchev–Trinajstić information content (AvgIpc) is 3.18. The van der Waals surface area contributed by atoms with Crippen molar-refractivity contribution in [2.75, 3.05) is 37.0 Å². The summed E-state index contributed by atoms with van der Waals surface area (Å²) in [6, 6.07) is 17.1. The molecule has 0 aliphatic carbocycles. The van der Waals surface area contributed by atoms with Gasteiger partial charge in [-0.15, -0.1) is 0 Å². The Bertz CT molecular complexity index is 2310. The summed E-state index contributed by atoms with van der Waals surface area (Å²) in [6.07, 6.45) is 9.21. The predicted octanol–water partition coefficient (Wildman–Crippen LogP) is 6.43. The van der Waals surface area contributed by atoms with Crippen molar-refractivity contribution in [3.63, 3.8) is 0 Å². The van der Waals surface area contributed by atoms with E-state index >= 15 is 4.39 Å². The van der Waals surface area contributed by atoms with Gasteiger partial charge in [0.1, 0.15) is 23.8 Å². The van der Waals surface area contributed by atoms with E-state index in [0.717, 1.165) is 73.9 Å². The molecule has 3 aliphatic heterocycles. The standard InChI is InChI=1S/C43H46ClFN6O4/c1-49-24-34(32-10-14-46-22-33(32)43(49)54)29-19-36(44)35(40(20-29)55-2)25-50-15-13-31-27(4-3-5-28(31)23-50)18-26-11-16-51(17-12-26)39-8-6-30(21-37(39)45)47-38-7-9-41(52)48-42(38)53/h3-6,8,10,14,19-22,24,26,38,41,47,52H,7,9,11-13,15-18,23,25H2,1-2H3,(H,48,53). The van der Waals surface area contributed by atoms with Crippen LogP contribution in [0, 0.1) is 11.7 Å². The number of hydrogen-bond acceptors (Lipinski definition) is 8. The third kappa shape index (κ3) is 7.65. The summed E-state index contributed by atoms with van der Waals surface area (Å²) in [6.45, 7) is 3.95. The number of halogens is 2. The number of benzene rings is 3. The minimum absolute atomic E-state index is 0.0961. The number of carbonyl (C=O) groups is 1. The number of aryl methyl sites for hydroxylation is 1. The fraction of sp³-hybridized carbons (Fsp3) is 0.372. The molecule has 0 saturated carbocycles. The monoisotopic (exact) mass is 764 g/mol. The molecule has 3 aliphatic rings. The van der Waals surface area contributed by atoms with Gasteiger partial charge in [-0.25, -0.2) is 4.39 Å². The first kappa shape index (κ1) is 37.0. The number of nitrogens with zero attached hydrogens (tertiary/aromatic N) is 4. The van der Waals surface area contributed by atoms with Crippen molar-refractivity contribution in [3.05, 3.63) is 117 Å². The average molecular weight is 765 g/mol. The lowest BCUT2D eigenvalue weighted by Crippen LogP contribution is -2.49. The van der Waals surface area contributed by atoms with E-state index in [1.807, 2.05) is 30.5 Å². The number of anilines is 2. The molecule has 2 aromatic heterocycles. The molecule has 0 spiro atoms. The summed E-state index contributed by atoms with van der Waals surface area (Å²) < 4.78 is 22.8. The van der Waals surface area contributed by atoms with Crippen molar-refractivity contribution < 1.29 is 19.0 Å². The zero-order valence-electron chi connectivity index (χ0n) is 31.2. The van der Waals surface area contributed by atoms with E-state index in [0.29, 0.717) is 52.8 Å². The van der Waals surface area contributed by atoms with Crippen molar-refractivity contribution in [1.82, 2.24) is 19.8 Å². The van der Waals surface area contributed by atoms with Crippen molar-refractivity contribution in [1.29, 1.82) is 0 Å².